The van der Waals surface area contributed by atoms with E-state index in [2.05, 4.69) is 20.8 Å². The fourth-order valence-electron chi connectivity index (χ4n) is 1.88. The predicted octanol–water partition coefficient (Wildman–Crippen LogP) is 2.25. The number of urea groups is 1. The lowest BCUT2D eigenvalue weighted by atomic mass is 10.2. The first-order valence-corrected chi connectivity index (χ1v) is 6.45. The van der Waals surface area contributed by atoms with Gasteiger partial charge in [-0.3, -0.25) is 4.98 Å². The molecular weight excluding hydrogens is 256 g/mol. The highest BCUT2D eigenvalue weighted by atomic mass is 16.5. The van der Waals surface area contributed by atoms with Crippen molar-refractivity contribution < 1.29 is 9.32 Å². The molecule has 0 saturated heterocycles. The van der Waals surface area contributed by atoms with Crippen molar-refractivity contribution in [1.29, 1.82) is 0 Å². The zero-order valence-corrected chi connectivity index (χ0v) is 11.8. The van der Waals surface area contributed by atoms with Gasteiger partial charge >= 0.3 is 6.03 Å². The number of aryl methyl sites for hydroxylation is 2. The maximum Gasteiger partial charge on any atom is 0.315 e. The summed E-state index contributed by atoms with van der Waals surface area (Å²) in [6.07, 6.45) is 1.70. The van der Waals surface area contributed by atoms with Gasteiger partial charge in [0.1, 0.15) is 5.76 Å². The van der Waals surface area contributed by atoms with Crippen LogP contribution in [-0.4, -0.2) is 16.2 Å². The summed E-state index contributed by atoms with van der Waals surface area (Å²) in [5.41, 5.74) is 2.52. The Kier molecular flexibility index (Phi) is 4.34. The van der Waals surface area contributed by atoms with Gasteiger partial charge in [-0.1, -0.05) is 11.2 Å². The lowest BCUT2D eigenvalue weighted by molar-refractivity contribution is 0.237. The van der Waals surface area contributed by atoms with Crippen LogP contribution in [-0.2, 0) is 6.54 Å². The number of hydrogen-bond donors (Lipinski definition) is 2. The van der Waals surface area contributed by atoms with Gasteiger partial charge in [0.2, 0.25) is 0 Å². The van der Waals surface area contributed by atoms with Crippen molar-refractivity contribution >= 4 is 6.03 Å². The maximum atomic E-state index is 11.8. The van der Waals surface area contributed by atoms with E-state index in [9.17, 15) is 4.79 Å². The average Bonchev–Trinajstić information content (AvgIpc) is 2.77. The molecule has 1 atom stereocenters. The molecular formula is C14H18N4O2. The van der Waals surface area contributed by atoms with E-state index < -0.39 is 0 Å². The molecule has 2 rings (SSSR count). The lowest BCUT2D eigenvalue weighted by Gasteiger charge is -2.14. The van der Waals surface area contributed by atoms with Crippen LogP contribution in [0.25, 0.3) is 0 Å². The summed E-state index contributed by atoms with van der Waals surface area (Å²) >= 11 is 0. The second-order valence-corrected chi connectivity index (χ2v) is 4.61. The van der Waals surface area contributed by atoms with E-state index in [4.69, 9.17) is 4.52 Å². The Hall–Kier alpha value is -2.37. The molecule has 106 valence electrons. The van der Waals surface area contributed by atoms with Crippen LogP contribution < -0.4 is 10.6 Å². The number of carbonyl (C=O) groups excluding carboxylic acids is 1. The molecule has 0 spiro atoms. The fourth-order valence-corrected chi connectivity index (χ4v) is 1.88. The van der Waals surface area contributed by atoms with Gasteiger partial charge in [-0.25, -0.2) is 4.79 Å². The molecule has 6 nitrogen and oxygen atoms in total. The summed E-state index contributed by atoms with van der Waals surface area (Å²) in [6, 6.07) is 5.21. The van der Waals surface area contributed by atoms with Gasteiger partial charge in [-0.2, -0.15) is 0 Å². The normalized spacial score (nSPS) is 11.9. The van der Waals surface area contributed by atoms with E-state index in [-0.39, 0.29) is 12.1 Å². The second kappa shape index (κ2) is 6.18. The first-order chi connectivity index (χ1) is 9.58. The number of nitrogens with one attached hydrogen (secondary N) is 2. The standard InChI is InChI=1S/C14H18N4O2/c1-9-12(11(3)20-18-9)8-16-14(19)17-10(2)13-6-4-5-7-15-13/h4-7,10H,8H2,1-3H3,(H2,16,17,19)/t10-/m0/s1. The minimum absolute atomic E-state index is 0.152. The highest BCUT2D eigenvalue weighted by Gasteiger charge is 2.12. The smallest absolute Gasteiger partial charge is 0.315 e. The third-order valence-corrected chi connectivity index (χ3v) is 3.09. The van der Waals surface area contributed by atoms with Crippen LogP contribution in [0.15, 0.2) is 28.9 Å². The highest BCUT2D eigenvalue weighted by molar-refractivity contribution is 5.74. The van der Waals surface area contributed by atoms with E-state index in [0.717, 1.165) is 22.7 Å². The molecule has 0 unspecified atom stereocenters. The zero-order chi connectivity index (χ0) is 14.5. The van der Waals surface area contributed by atoms with Crippen molar-refractivity contribution in [2.24, 2.45) is 0 Å². The molecule has 0 aliphatic heterocycles. The molecule has 0 radical (unpaired) electrons. The van der Waals surface area contributed by atoms with E-state index in [1.165, 1.54) is 0 Å². The summed E-state index contributed by atoms with van der Waals surface area (Å²) in [5, 5.41) is 9.47. The Morgan fingerprint density at radius 1 is 1.40 bits per heavy atom. The van der Waals surface area contributed by atoms with Gasteiger partial charge in [0.25, 0.3) is 0 Å². The van der Waals surface area contributed by atoms with E-state index >= 15 is 0 Å². The minimum atomic E-state index is -0.247. The monoisotopic (exact) mass is 274 g/mol. The third kappa shape index (κ3) is 3.34. The van der Waals surface area contributed by atoms with Crippen molar-refractivity contribution in [2.75, 3.05) is 0 Å². The highest BCUT2D eigenvalue weighted by Crippen LogP contribution is 2.11. The summed E-state index contributed by atoms with van der Waals surface area (Å²) in [5.74, 6) is 0.723. The van der Waals surface area contributed by atoms with Crippen LogP contribution in [0.5, 0.6) is 0 Å². The quantitative estimate of drug-likeness (QED) is 0.896. The van der Waals surface area contributed by atoms with Crippen LogP contribution in [0.4, 0.5) is 4.79 Å². The van der Waals surface area contributed by atoms with Crippen molar-refractivity contribution in [3.05, 3.63) is 47.1 Å². The van der Waals surface area contributed by atoms with Crippen LogP contribution >= 0.6 is 0 Å². The first kappa shape index (κ1) is 14.0. The van der Waals surface area contributed by atoms with Gasteiger partial charge in [0, 0.05) is 18.3 Å². The largest absolute Gasteiger partial charge is 0.361 e. The topological polar surface area (TPSA) is 80.0 Å². The Morgan fingerprint density at radius 3 is 2.80 bits per heavy atom. The van der Waals surface area contributed by atoms with Crippen LogP contribution in [0.3, 0.4) is 0 Å². The van der Waals surface area contributed by atoms with Gasteiger partial charge in [-0.05, 0) is 32.9 Å². The van der Waals surface area contributed by atoms with Crippen LogP contribution in [0.2, 0.25) is 0 Å². The number of amides is 2. The van der Waals surface area contributed by atoms with Crippen molar-refractivity contribution in [1.82, 2.24) is 20.8 Å². The second-order valence-electron chi connectivity index (χ2n) is 4.61. The van der Waals surface area contributed by atoms with Gasteiger partial charge in [0.05, 0.1) is 17.4 Å². The summed E-state index contributed by atoms with van der Waals surface area (Å²) in [7, 11) is 0. The molecule has 0 aliphatic rings. The molecule has 2 amide bonds. The number of aromatic nitrogens is 2. The molecule has 2 aromatic rings. The molecule has 0 aromatic carbocycles. The van der Waals surface area contributed by atoms with E-state index in [1.807, 2.05) is 39.0 Å². The van der Waals surface area contributed by atoms with Gasteiger partial charge in [-0.15, -0.1) is 0 Å². The Labute approximate surface area is 117 Å². The van der Waals surface area contributed by atoms with E-state index in [0.29, 0.717) is 6.54 Å². The van der Waals surface area contributed by atoms with Crippen LogP contribution in [0, 0.1) is 13.8 Å². The maximum absolute atomic E-state index is 11.8. The van der Waals surface area contributed by atoms with Crippen molar-refractivity contribution in [3.63, 3.8) is 0 Å². The molecule has 2 N–H and O–H groups in total. The molecule has 0 bridgehead atoms. The molecule has 0 fully saturated rings. The van der Waals surface area contributed by atoms with Crippen LogP contribution in [0.1, 0.15) is 35.7 Å². The molecule has 20 heavy (non-hydrogen) atoms. The number of hydrogen-bond acceptors (Lipinski definition) is 4. The summed E-state index contributed by atoms with van der Waals surface area (Å²) in [6.45, 7) is 5.95. The van der Waals surface area contributed by atoms with Crippen molar-refractivity contribution in [3.8, 4) is 0 Å². The zero-order valence-electron chi connectivity index (χ0n) is 11.8. The molecule has 6 heteroatoms. The molecule has 2 heterocycles. The van der Waals surface area contributed by atoms with E-state index in [1.54, 1.807) is 6.20 Å². The molecule has 0 aliphatic carbocycles. The Bertz CT molecular complexity index is 561. The SMILES string of the molecule is Cc1noc(C)c1CNC(=O)N[C@@H](C)c1ccccn1. The van der Waals surface area contributed by atoms with Gasteiger partial charge in [0.15, 0.2) is 0 Å². The number of pyridine rings is 1. The first-order valence-electron chi connectivity index (χ1n) is 6.45. The fraction of sp³-hybridized carbons (Fsp3) is 0.357. The number of rotatable bonds is 4. The Balaban J connectivity index is 1.87. The Morgan fingerprint density at radius 2 is 2.20 bits per heavy atom. The molecule has 0 saturated carbocycles. The number of nitrogens with zero attached hydrogens (tertiary/aromatic N) is 2. The van der Waals surface area contributed by atoms with Gasteiger partial charge < -0.3 is 15.2 Å². The number of carbonyl (C=O) groups is 1. The lowest BCUT2D eigenvalue weighted by Crippen LogP contribution is -2.37. The minimum Gasteiger partial charge on any atom is -0.361 e. The molecule has 2 aromatic heterocycles. The van der Waals surface area contributed by atoms with Crippen molar-refractivity contribution in [2.45, 2.75) is 33.4 Å². The average molecular weight is 274 g/mol. The predicted molar refractivity (Wildman–Crippen MR) is 74.0 cm³/mol. The summed E-state index contributed by atoms with van der Waals surface area (Å²) < 4.78 is 5.05. The third-order valence-electron chi connectivity index (χ3n) is 3.09. The summed E-state index contributed by atoms with van der Waals surface area (Å²) in [4.78, 5) is 16.0.